The number of benzene rings is 1. The molecular formula is C12H16ClNO2. The molecule has 88 valence electrons. The second kappa shape index (κ2) is 5.75. The summed E-state index contributed by atoms with van der Waals surface area (Å²) < 4.78 is 5.21. The highest BCUT2D eigenvalue weighted by Crippen LogP contribution is 2.25. The lowest BCUT2D eigenvalue weighted by Gasteiger charge is -2.15. The van der Waals surface area contributed by atoms with Crippen LogP contribution < -0.4 is 9.64 Å². The van der Waals surface area contributed by atoms with Gasteiger partial charge in [0.1, 0.15) is 5.75 Å². The number of methoxy groups -OCH3 is 1. The summed E-state index contributed by atoms with van der Waals surface area (Å²) in [5.74, 6) is 0.940. The Bertz CT molecular complexity index is 377. The van der Waals surface area contributed by atoms with E-state index in [0.29, 0.717) is 23.6 Å². The third-order valence-electron chi connectivity index (χ3n) is 2.32. The van der Waals surface area contributed by atoms with Gasteiger partial charge in [-0.15, -0.1) is 11.6 Å². The van der Waals surface area contributed by atoms with Crippen LogP contribution >= 0.6 is 11.6 Å². The molecule has 0 aliphatic rings. The molecule has 0 N–H and O–H groups in total. The van der Waals surface area contributed by atoms with Crippen LogP contribution in [0.3, 0.4) is 0 Å². The van der Waals surface area contributed by atoms with E-state index in [2.05, 4.69) is 0 Å². The summed E-state index contributed by atoms with van der Waals surface area (Å²) in [7, 11) is 5.44. The number of carbonyl (C=O) groups is 1. The van der Waals surface area contributed by atoms with Crippen molar-refractivity contribution >= 4 is 23.1 Å². The second-order valence-corrected chi connectivity index (χ2v) is 4.02. The van der Waals surface area contributed by atoms with Crippen LogP contribution in [0, 0.1) is 0 Å². The van der Waals surface area contributed by atoms with Crippen LogP contribution in [-0.2, 0) is 0 Å². The molecule has 1 rings (SSSR count). The zero-order chi connectivity index (χ0) is 12.1. The number of ketones is 1. The quantitative estimate of drug-likeness (QED) is 0.586. The Hall–Kier alpha value is -1.22. The molecule has 3 nitrogen and oxygen atoms in total. The van der Waals surface area contributed by atoms with Crippen molar-refractivity contribution < 1.29 is 9.53 Å². The lowest BCUT2D eigenvalue weighted by molar-refractivity contribution is 0.0986. The monoisotopic (exact) mass is 241 g/mol. The minimum absolute atomic E-state index is 0.0113. The molecule has 0 unspecified atom stereocenters. The molecule has 0 fully saturated rings. The first-order chi connectivity index (χ1) is 7.60. The van der Waals surface area contributed by atoms with Gasteiger partial charge in [-0.05, 0) is 12.1 Å². The van der Waals surface area contributed by atoms with Crippen molar-refractivity contribution in [3.05, 3.63) is 23.8 Å². The highest BCUT2D eigenvalue weighted by molar-refractivity contribution is 6.19. The Morgan fingerprint density at radius 3 is 2.62 bits per heavy atom. The number of hydrogen-bond donors (Lipinski definition) is 0. The maximum Gasteiger partial charge on any atom is 0.167 e. The van der Waals surface area contributed by atoms with Crippen LogP contribution in [0.2, 0.25) is 0 Å². The minimum atomic E-state index is 0.0113. The van der Waals surface area contributed by atoms with Crippen LogP contribution in [0.4, 0.5) is 5.69 Å². The molecule has 0 aliphatic carbocycles. The standard InChI is InChI=1S/C12H16ClNO2/c1-14(2)9-4-5-10(11(15)6-7-13)12(8-9)16-3/h4-5,8H,6-7H2,1-3H3. The topological polar surface area (TPSA) is 29.5 Å². The van der Waals surface area contributed by atoms with Crippen molar-refractivity contribution in [1.82, 2.24) is 0 Å². The zero-order valence-electron chi connectivity index (χ0n) is 9.79. The summed E-state index contributed by atoms with van der Waals surface area (Å²) in [6.45, 7) is 0. The van der Waals surface area contributed by atoms with Crippen LogP contribution in [-0.4, -0.2) is 32.9 Å². The Kier molecular flexibility index (Phi) is 4.62. The highest BCUT2D eigenvalue weighted by Gasteiger charge is 2.12. The Labute approximate surface area is 101 Å². The number of carbonyl (C=O) groups excluding carboxylic acids is 1. The second-order valence-electron chi connectivity index (χ2n) is 3.64. The van der Waals surface area contributed by atoms with Crippen molar-refractivity contribution in [2.75, 3.05) is 32.0 Å². The van der Waals surface area contributed by atoms with Gasteiger partial charge in [0.25, 0.3) is 0 Å². The fraction of sp³-hybridized carbons (Fsp3) is 0.417. The van der Waals surface area contributed by atoms with E-state index in [1.807, 2.05) is 31.1 Å². The molecule has 0 aromatic heterocycles. The third kappa shape index (κ3) is 2.89. The number of Topliss-reactive ketones (excluding diaryl/α,β-unsaturated/α-hetero) is 1. The van der Waals surface area contributed by atoms with Crippen LogP contribution in [0.15, 0.2) is 18.2 Å². The Balaban J connectivity index is 3.06. The number of hydrogen-bond acceptors (Lipinski definition) is 3. The van der Waals surface area contributed by atoms with Crippen molar-refractivity contribution in [1.29, 1.82) is 0 Å². The van der Waals surface area contributed by atoms with E-state index in [4.69, 9.17) is 16.3 Å². The zero-order valence-corrected chi connectivity index (χ0v) is 10.5. The van der Waals surface area contributed by atoms with Gasteiger partial charge in [-0.25, -0.2) is 0 Å². The lowest BCUT2D eigenvalue weighted by Crippen LogP contribution is -2.10. The summed E-state index contributed by atoms with van der Waals surface area (Å²) in [5, 5.41) is 0. The molecule has 0 amide bonds. The van der Waals surface area contributed by atoms with Gasteiger partial charge in [0.15, 0.2) is 5.78 Å². The molecular weight excluding hydrogens is 226 g/mol. The molecule has 0 saturated carbocycles. The molecule has 0 radical (unpaired) electrons. The van der Waals surface area contributed by atoms with Crippen LogP contribution in [0.1, 0.15) is 16.8 Å². The molecule has 0 spiro atoms. The molecule has 4 heteroatoms. The molecule has 1 aromatic rings. The fourth-order valence-corrected chi connectivity index (χ4v) is 1.58. The summed E-state index contributed by atoms with van der Waals surface area (Å²) >= 11 is 5.55. The normalized spacial score (nSPS) is 10.0. The summed E-state index contributed by atoms with van der Waals surface area (Å²) in [6, 6.07) is 5.52. The van der Waals surface area contributed by atoms with Crippen molar-refractivity contribution in [3.8, 4) is 5.75 Å². The van der Waals surface area contributed by atoms with Gasteiger partial charge < -0.3 is 9.64 Å². The highest BCUT2D eigenvalue weighted by atomic mass is 35.5. The maximum absolute atomic E-state index is 11.7. The number of anilines is 1. The summed E-state index contributed by atoms with van der Waals surface area (Å²) in [5.41, 5.74) is 1.59. The van der Waals surface area contributed by atoms with Crippen molar-refractivity contribution in [3.63, 3.8) is 0 Å². The number of ether oxygens (including phenoxy) is 1. The molecule has 16 heavy (non-hydrogen) atoms. The van der Waals surface area contributed by atoms with E-state index in [1.54, 1.807) is 13.2 Å². The molecule has 0 bridgehead atoms. The van der Waals surface area contributed by atoms with Gasteiger partial charge in [-0.1, -0.05) is 0 Å². The van der Waals surface area contributed by atoms with Crippen molar-refractivity contribution in [2.24, 2.45) is 0 Å². The Morgan fingerprint density at radius 1 is 1.44 bits per heavy atom. The predicted molar refractivity (Wildman–Crippen MR) is 67.0 cm³/mol. The van der Waals surface area contributed by atoms with E-state index in [9.17, 15) is 4.79 Å². The van der Waals surface area contributed by atoms with Gasteiger partial charge in [0.05, 0.1) is 12.7 Å². The van der Waals surface area contributed by atoms with Gasteiger partial charge >= 0.3 is 0 Å². The first-order valence-electron chi connectivity index (χ1n) is 5.04. The average Bonchev–Trinajstić information content (AvgIpc) is 2.28. The minimum Gasteiger partial charge on any atom is -0.496 e. The van der Waals surface area contributed by atoms with E-state index < -0.39 is 0 Å². The van der Waals surface area contributed by atoms with Gasteiger partial charge in [-0.2, -0.15) is 0 Å². The van der Waals surface area contributed by atoms with E-state index >= 15 is 0 Å². The maximum atomic E-state index is 11.7. The van der Waals surface area contributed by atoms with Crippen molar-refractivity contribution in [2.45, 2.75) is 6.42 Å². The summed E-state index contributed by atoms with van der Waals surface area (Å²) in [4.78, 5) is 13.7. The predicted octanol–water partition coefficient (Wildman–Crippen LogP) is 2.57. The number of rotatable bonds is 5. The number of alkyl halides is 1. The van der Waals surface area contributed by atoms with Gasteiger partial charge in [0.2, 0.25) is 0 Å². The van der Waals surface area contributed by atoms with Gasteiger partial charge in [-0.3, -0.25) is 4.79 Å². The first-order valence-corrected chi connectivity index (χ1v) is 5.58. The molecule has 0 heterocycles. The lowest BCUT2D eigenvalue weighted by atomic mass is 10.1. The largest absolute Gasteiger partial charge is 0.496 e. The number of halogens is 1. The fourth-order valence-electron chi connectivity index (χ4n) is 1.41. The Morgan fingerprint density at radius 2 is 2.12 bits per heavy atom. The molecule has 0 aliphatic heterocycles. The molecule has 0 saturated heterocycles. The van der Waals surface area contributed by atoms with E-state index in [-0.39, 0.29) is 5.78 Å². The molecule has 0 atom stereocenters. The summed E-state index contributed by atoms with van der Waals surface area (Å²) in [6.07, 6.45) is 0.333. The SMILES string of the molecule is COc1cc(N(C)C)ccc1C(=O)CCCl. The van der Waals surface area contributed by atoms with Gasteiger partial charge in [0, 0.05) is 38.1 Å². The first kappa shape index (κ1) is 12.8. The third-order valence-corrected chi connectivity index (χ3v) is 2.51. The van der Waals surface area contributed by atoms with Crippen LogP contribution in [0.25, 0.3) is 0 Å². The van der Waals surface area contributed by atoms with Crippen LogP contribution in [0.5, 0.6) is 5.75 Å². The number of nitrogens with zero attached hydrogens (tertiary/aromatic N) is 1. The average molecular weight is 242 g/mol. The van der Waals surface area contributed by atoms with E-state index in [1.165, 1.54) is 0 Å². The molecule has 1 aromatic carbocycles. The smallest absolute Gasteiger partial charge is 0.167 e. The van der Waals surface area contributed by atoms with E-state index in [0.717, 1.165) is 5.69 Å².